The number of aromatic amines is 1. The van der Waals surface area contributed by atoms with Crippen molar-refractivity contribution in [2.75, 3.05) is 6.61 Å². The van der Waals surface area contributed by atoms with E-state index in [4.69, 9.17) is 4.74 Å². The lowest BCUT2D eigenvalue weighted by molar-refractivity contribution is -0.145. The van der Waals surface area contributed by atoms with Gasteiger partial charge in [0.1, 0.15) is 23.0 Å². The number of aromatic nitrogens is 1. The predicted molar refractivity (Wildman–Crippen MR) is 104 cm³/mol. The molecule has 3 aromatic rings. The van der Waals surface area contributed by atoms with Crippen molar-refractivity contribution in [2.45, 2.75) is 31.7 Å². The maximum absolute atomic E-state index is 14.3. The highest BCUT2D eigenvalue weighted by atomic mass is 19.1. The van der Waals surface area contributed by atoms with E-state index in [1.165, 1.54) is 30.3 Å². The number of fused-ring (bicyclic) bond motifs is 1. The third-order valence-corrected chi connectivity index (χ3v) is 5.37. The predicted octanol–water partition coefficient (Wildman–Crippen LogP) is 4.01. The number of ether oxygens (including phenoxy) is 1. The molecule has 8 heteroatoms. The molecule has 1 unspecified atom stereocenters. The Labute approximate surface area is 170 Å². The lowest BCUT2D eigenvalue weighted by atomic mass is 9.98. The zero-order valence-electron chi connectivity index (χ0n) is 16.2. The van der Waals surface area contributed by atoms with Gasteiger partial charge in [0.15, 0.2) is 0 Å². The van der Waals surface area contributed by atoms with E-state index in [9.17, 15) is 22.8 Å². The van der Waals surface area contributed by atoms with Crippen molar-refractivity contribution in [1.82, 2.24) is 10.3 Å². The number of hydrogen-bond acceptors (Lipinski definition) is 3. The van der Waals surface area contributed by atoms with E-state index < -0.39 is 29.0 Å². The molecule has 156 valence electrons. The second-order valence-corrected chi connectivity index (χ2v) is 7.56. The first-order chi connectivity index (χ1) is 14.3. The number of esters is 1. The summed E-state index contributed by atoms with van der Waals surface area (Å²) in [6.07, 6.45) is 0.524. The highest BCUT2D eigenvalue weighted by molar-refractivity contribution is 5.93. The van der Waals surface area contributed by atoms with Crippen molar-refractivity contribution in [2.24, 2.45) is 0 Å². The number of rotatable bonds is 5. The van der Waals surface area contributed by atoms with Crippen molar-refractivity contribution in [3.05, 3.63) is 59.4 Å². The minimum Gasteiger partial charge on any atom is -0.464 e. The van der Waals surface area contributed by atoms with E-state index in [-0.39, 0.29) is 30.9 Å². The highest BCUT2D eigenvalue weighted by Crippen LogP contribution is 2.33. The molecule has 4 rings (SSSR count). The Morgan fingerprint density at radius 1 is 1.17 bits per heavy atom. The summed E-state index contributed by atoms with van der Waals surface area (Å²) in [5, 5.41) is 2.99. The summed E-state index contributed by atoms with van der Waals surface area (Å²) in [6, 6.07) is 7.55. The quantitative estimate of drug-likeness (QED) is 0.618. The van der Waals surface area contributed by atoms with Crippen molar-refractivity contribution in [1.29, 1.82) is 0 Å². The molecule has 1 aliphatic heterocycles. The smallest absolute Gasteiger partial charge is 0.331 e. The van der Waals surface area contributed by atoms with Gasteiger partial charge in [0.25, 0.3) is 0 Å². The largest absolute Gasteiger partial charge is 0.464 e. The van der Waals surface area contributed by atoms with Gasteiger partial charge in [0.2, 0.25) is 5.91 Å². The Bertz CT molecular complexity index is 1140. The number of H-pyrrole nitrogens is 1. The molecule has 5 nitrogen and oxygen atoms in total. The van der Waals surface area contributed by atoms with Crippen LogP contribution in [0.1, 0.15) is 25.3 Å². The van der Waals surface area contributed by atoms with Crippen LogP contribution in [0.25, 0.3) is 22.2 Å². The van der Waals surface area contributed by atoms with Gasteiger partial charge in [-0.25, -0.2) is 18.0 Å². The average molecular weight is 416 g/mol. The van der Waals surface area contributed by atoms with Gasteiger partial charge in [0, 0.05) is 30.0 Å². The van der Waals surface area contributed by atoms with Gasteiger partial charge >= 0.3 is 5.97 Å². The molecule has 0 radical (unpaired) electrons. The fourth-order valence-corrected chi connectivity index (χ4v) is 3.73. The molecule has 30 heavy (non-hydrogen) atoms. The van der Waals surface area contributed by atoms with Gasteiger partial charge in [-0.15, -0.1) is 0 Å². The summed E-state index contributed by atoms with van der Waals surface area (Å²) < 4.78 is 46.4. The Kier molecular flexibility index (Phi) is 5.01. The van der Waals surface area contributed by atoms with Crippen LogP contribution in [0, 0.1) is 17.5 Å². The second kappa shape index (κ2) is 7.51. The van der Waals surface area contributed by atoms with Gasteiger partial charge in [-0.1, -0.05) is 0 Å². The maximum atomic E-state index is 14.3. The number of benzene rings is 2. The molecular weight excluding hydrogens is 397 g/mol. The molecule has 0 aliphatic carbocycles. The molecule has 2 heterocycles. The third-order valence-electron chi connectivity index (χ3n) is 5.37. The van der Waals surface area contributed by atoms with Crippen LogP contribution in [-0.2, 0) is 20.7 Å². The standard InChI is InChI=1S/C22H19F3N2O3/c1-22(8-9-30-21(22)29)27-18(28)7-6-15-16-10-14(24)11-17(25)20(16)26-19(15)12-2-4-13(23)5-3-12/h2-5,10-11,26H,6-9H2,1H3,(H,27,28). The first-order valence-corrected chi connectivity index (χ1v) is 9.50. The van der Waals surface area contributed by atoms with Gasteiger partial charge in [-0.05, 0) is 54.8 Å². The first-order valence-electron chi connectivity index (χ1n) is 9.50. The molecular formula is C22H19F3N2O3. The van der Waals surface area contributed by atoms with Gasteiger partial charge in [-0.2, -0.15) is 0 Å². The minimum absolute atomic E-state index is 0.0118. The van der Waals surface area contributed by atoms with Crippen LogP contribution in [0.2, 0.25) is 0 Å². The number of aryl methyl sites for hydroxylation is 1. The topological polar surface area (TPSA) is 71.2 Å². The summed E-state index contributed by atoms with van der Waals surface area (Å²) in [5.41, 5.74) is 0.625. The first kappa shape index (κ1) is 20.0. The van der Waals surface area contributed by atoms with Crippen LogP contribution < -0.4 is 5.32 Å². The molecule has 1 saturated heterocycles. The highest BCUT2D eigenvalue weighted by Gasteiger charge is 2.41. The Balaban J connectivity index is 1.66. The Hall–Kier alpha value is -3.29. The monoisotopic (exact) mass is 416 g/mol. The number of carbonyl (C=O) groups excluding carboxylic acids is 2. The van der Waals surface area contributed by atoms with Crippen LogP contribution in [-0.4, -0.2) is 29.0 Å². The molecule has 0 spiro atoms. The summed E-state index contributed by atoms with van der Waals surface area (Å²) in [5.74, 6) is -2.79. The minimum atomic E-state index is -1.07. The fourth-order valence-electron chi connectivity index (χ4n) is 3.73. The van der Waals surface area contributed by atoms with Crippen molar-refractivity contribution in [3.63, 3.8) is 0 Å². The Morgan fingerprint density at radius 3 is 2.57 bits per heavy atom. The summed E-state index contributed by atoms with van der Waals surface area (Å²) in [6.45, 7) is 1.84. The van der Waals surface area contributed by atoms with E-state index >= 15 is 0 Å². The fraction of sp³-hybridized carbons (Fsp3) is 0.273. The van der Waals surface area contributed by atoms with Crippen LogP contribution in [0.5, 0.6) is 0 Å². The summed E-state index contributed by atoms with van der Waals surface area (Å²) >= 11 is 0. The van der Waals surface area contributed by atoms with Crippen LogP contribution >= 0.6 is 0 Å². The van der Waals surface area contributed by atoms with Gasteiger partial charge < -0.3 is 15.0 Å². The summed E-state index contributed by atoms with van der Waals surface area (Å²) in [4.78, 5) is 27.2. The van der Waals surface area contributed by atoms with E-state index in [0.29, 0.717) is 28.6 Å². The van der Waals surface area contributed by atoms with Crippen molar-refractivity contribution in [3.8, 4) is 11.3 Å². The van der Waals surface area contributed by atoms with E-state index in [0.717, 1.165) is 6.07 Å². The number of nitrogens with one attached hydrogen (secondary N) is 2. The number of carbonyl (C=O) groups is 2. The molecule has 0 bridgehead atoms. The zero-order valence-corrected chi connectivity index (χ0v) is 16.2. The molecule has 1 aliphatic rings. The Morgan fingerprint density at radius 2 is 1.90 bits per heavy atom. The van der Waals surface area contributed by atoms with Crippen molar-refractivity contribution >= 4 is 22.8 Å². The van der Waals surface area contributed by atoms with Crippen LogP contribution in [0.15, 0.2) is 36.4 Å². The molecule has 2 aromatic carbocycles. The molecule has 0 saturated carbocycles. The number of amides is 1. The molecule has 2 N–H and O–H groups in total. The molecule has 1 amide bonds. The lowest BCUT2D eigenvalue weighted by Gasteiger charge is -2.20. The van der Waals surface area contributed by atoms with Crippen LogP contribution in [0.3, 0.4) is 0 Å². The van der Waals surface area contributed by atoms with E-state index in [1.54, 1.807) is 6.92 Å². The van der Waals surface area contributed by atoms with E-state index in [1.807, 2.05) is 0 Å². The van der Waals surface area contributed by atoms with Gasteiger partial charge in [0.05, 0.1) is 12.1 Å². The lowest BCUT2D eigenvalue weighted by Crippen LogP contribution is -2.49. The average Bonchev–Trinajstić information content (AvgIpc) is 3.21. The zero-order chi connectivity index (χ0) is 21.5. The molecule has 1 atom stereocenters. The molecule has 1 aromatic heterocycles. The van der Waals surface area contributed by atoms with Gasteiger partial charge in [-0.3, -0.25) is 4.79 Å². The number of halogens is 3. The summed E-state index contributed by atoms with van der Waals surface area (Å²) in [7, 11) is 0. The molecule has 1 fully saturated rings. The van der Waals surface area contributed by atoms with Crippen molar-refractivity contribution < 1.29 is 27.5 Å². The second-order valence-electron chi connectivity index (χ2n) is 7.56. The van der Waals surface area contributed by atoms with Crippen LogP contribution in [0.4, 0.5) is 13.2 Å². The SMILES string of the molecule is CC1(NC(=O)CCc2c(-c3ccc(F)cc3)[nH]c3c(F)cc(F)cc23)CCOC1=O. The normalized spacial score (nSPS) is 18.6. The number of cyclic esters (lactones) is 1. The number of hydrogen-bond donors (Lipinski definition) is 2. The third kappa shape index (κ3) is 3.65. The maximum Gasteiger partial charge on any atom is 0.331 e. The van der Waals surface area contributed by atoms with E-state index in [2.05, 4.69) is 10.3 Å².